The van der Waals surface area contributed by atoms with Gasteiger partial charge in [0.2, 0.25) is 0 Å². The van der Waals surface area contributed by atoms with E-state index in [1.807, 2.05) is 0 Å². The first kappa shape index (κ1) is 16.4. The van der Waals surface area contributed by atoms with Crippen molar-refractivity contribution in [2.75, 3.05) is 0 Å². The van der Waals surface area contributed by atoms with E-state index in [9.17, 15) is 0 Å². The van der Waals surface area contributed by atoms with E-state index in [2.05, 4.69) is 20.8 Å². The van der Waals surface area contributed by atoms with Crippen molar-refractivity contribution in [1.29, 1.82) is 0 Å². The van der Waals surface area contributed by atoms with Gasteiger partial charge in [0.25, 0.3) is 0 Å². The topological polar surface area (TPSA) is 40.1 Å². The third-order valence-corrected chi connectivity index (χ3v) is 9.41. The predicted molar refractivity (Wildman–Crippen MR) is 61.7 cm³/mol. The third kappa shape index (κ3) is 17.9. The van der Waals surface area contributed by atoms with E-state index in [-0.39, 0.29) is 0 Å². The van der Waals surface area contributed by atoms with Gasteiger partial charge in [-0.3, -0.25) is 0 Å². The van der Waals surface area contributed by atoms with Gasteiger partial charge in [-0.05, 0) is 6.92 Å². The van der Waals surface area contributed by atoms with Crippen LogP contribution in [0.15, 0.2) is 0 Å². The van der Waals surface area contributed by atoms with Crippen molar-refractivity contribution in [2.45, 2.75) is 62.7 Å². The molecular formula is C11H24GeO2. The monoisotopic (exact) mass is 262 g/mol. The van der Waals surface area contributed by atoms with Gasteiger partial charge >= 0.3 is 70.1 Å². The van der Waals surface area contributed by atoms with Crippen LogP contribution in [-0.2, 0) is 4.79 Å². The Morgan fingerprint density at radius 1 is 1.00 bits per heavy atom. The van der Waals surface area contributed by atoms with E-state index in [4.69, 9.17) is 9.90 Å². The average molecular weight is 261 g/mol. The van der Waals surface area contributed by atoms with Crippen LogP contribution >= 0.6 is 0 Å². The van der Waals surface area contributed by atoms with Crippen molar-refractivity contribution < 1.29 is 9.90 Å². The van der Waals surface area contributed by atoms with Gasteiger partial charge < -0.3 is 9.90 Å². The van der Waals surface area contributed by atoms with Gasteiger partial charge in [-0.1, -0.05) is 0 Å². The molecular weight excluding hydrogens is 237 g/mol. The van der Waals surface area contributed by atoms with Crippen molar-refractivity contribution >= 4 is 20.3 Å². The third-order valence-electron chi connectivity index (χ3n) is 1.81. The first-order valence-electron chi connectivity index (χ1n) is 5.59. The molecule has 14 heavy (non-hydrogen) atoms. The fourth-order valence-corrected chi connectivity index (χ4v) is 7.46. The van der Waals surface area contributed by atoms with Gasteiger partial charge in [0.05, 0.1) is 0 Å². The summed E-state index contributed by atoms with van der Waals surface area (Å²) in [6.07, 6.45) is 4.32. The molecule has 0 aromatic carbocycles. The summed E-state index contributed by atoms with van der Waals surface area (Å²) in [6.45, 7) is 7.97. The summed E-state index contributed by atoms with van der Waals surface area (Å²) < 4.78 is 0. The van der Waals surface area contributed by atoms with E-state index in [1.165, 1.54) is 19.3 Å². The SMILES string of the molecule is CC(=O)[O-].CC[CH2][Ge+]([CH2]CC)[CH2]CC. The molecule has 0 amide bonds. The molecule has 0 aliphatic heterocycles. The molecule has 2 nitrogen and oxygen atoms in total. The Kier molecular flexibility index (Phi) is 15.3. The average Bonchev–Trinajstić information content (AvgIpc) is 2.04. The number of carbonyl (C=O) groups excluding carboxylic acids is 1. The fourth-order valence-electron chi connectivity index (χ4n) is 1.44. The molecule has 0 aromatic heterocycles. The van der Waals surface area contributed by atoms with Crippen molar-refractivity contribution in [1.82, 2.24) is 0 Å². The van der Waals surface area contributed by atoms with E-state index < -0.39 is 20.3 Å². The number of hydrogen-bond donors (Lipinski definition) is 0. The van der Waals surface area contributed by atoms with Crippen molar-refractivity contribution in [3.8, 4) is 0 Å². The summed E-state index contributed by atoms with van der Waals surface area (Å²) in [4.78, 5) is 8.89. The molecule has 0 saturated heterocycles. The molecule has 0 bridgehead atoms. The Morgan fingerprint density at radius 3 is 1.36 bits per heavy atom. The summed E-state index contributed by atoms with van der Waals surface area (Å²) in [5.74, 6) is -1.08. The number of carbonyl (C=O) groups is 1. The van der Waals surface area contributed by atoms with E-state index in [1.54, 1.807) is 15.8 Å². The molecule has 0 aromatic rings. The minimum atomic E-state index is -1.08. The molecule has 0 N–H and O–H groups in total. The second-order valence-corrected chi connectivity index (χ2v) is 9.79. The maximum absolute atomic E-state index is 8.89. The van der Waals surface area contributed by atoms with Crippen LogP contribution in [0.3, 0.4) is 0 Å². The zero-order chi connectivity index (χ0) is 11.4. The summed E-state index contributed by atoms with van der Waals surface area (Å²) >= 11 is -0.486. The molecule has 84 valence electrons. The molecule has 0 rings (SSSR count). The molecule has 0 spiro atoms. The van der Waals surface area contributed by atoms with Crippen LogP contribution in [0.1, 0.15) is 47.0 Å². The number of rotatable bonds is 6. The molecule has 3 heteroatoms. The van der Waals surface area contributed by atoms with Crippen molar-refractivity contribution in [2.24, 2.45) is 0 Å². The molecule has 0 unspecified atom stereocenters. The maximum atomic E-state index is 8.89. The fraction of sp³-hybridized carbons (Fsp3) is 0.909. The summed E-state index contributed by atoms with van der Waals surface area (Å²) in [5.41, 5.74) is 0. The Hall–Kier alpha value is 0.0129. The van der Waals surface area contributed by atoms with Crippen LogP contribution in [0.25, 0.3) is 0 Å². The second-order valence-electron chi connectivity index (χ2n) is 3.49. The molecule has 0 aliphatic carbocycles. The molecule has 0 heterocycles. The van der Waals surface area contributed by atoms with E-state index in [0.717, 1.165) is 6.92 Å². The van der Waals surface area contributed by atoms with Crippen molar-refractivity contribution in [3.05, 3.63) is 0 Å². The van der Waals surface area contributed by atoms with Crippen LogP contribution in [0.5, 0.6) is 0 Å². The van der Waals surface area contributed by atoms with Gasteiger partial charge in [-0.2, -0.15) is 0 Å². The van der Waals surface area contributed by atoms with Crippen LogP contribution in [0, 0.1) is 0 Å². The zero-order valence-electron chi connectivity index (χ0n) is 10.1. The Bertz CT molecular complexity index is 108. The summed E-state index contributed by atoms with van der Waals surface area (Å²) in [5, 5.41) is 13.7. The number of hydrogen-bond acceptors (Lipinski definition) is 2. The van der Waals surface area contributed by atoms with Gasteiger partial charge in [0, 0.05) is 5.97 Å². The Morgan fingerprint density at radius 2 is 1.21 bits per heavy atom. The minimum absolute atomic E-state index is 0.486. The van der Waals surface area contributed by atoms with Crippen LogP contribution in [-0.4, -0.2) is 20.3 Å². The molecule has 0 radical (unpaired) electrons. The Balaban J connectivity index is 0. The van der Waals surface area contributed by atoms with Gasteiger partial charge in [0.15, 0.2) is 0 Å². The van der Waals surface area contributed by atoms with Crippen LogP contribution in [0.4, 0.5) is 0 Å². The van der Waals surface area contributed by atoms with Crippen molar-refractivity contribution in [3.63, 3.8) is 0 Å². The van der Waals surface area contributed by atoms with E-state index >= 15 is 0 Å². The quantitative estimate of drug-likeness (QED) is 0.689. The molecule has 0 fully saturated rings. The first-order chi connectivity index (χ1) is 6.58. The number of aliphatic carboxylic acids is 1. The number of carboxylic acids is 1. The van der Waals surface area contributed by atoms with Crippen LogP contribution < -0.4 is 5.11 Å². The van der Waals surface area contributed by atoms with E-state index in [0.29, 0.717) is 0 Å². The summed E-state index contributed by atoms with van der Waals surface area (Å²) in [7, 11) is 0. The van der Waals surface area contributed by atoms with Gasteiger partial charge in [-0.25, -0.2) is 0 Å². The standard InChI is InChI=1S/C9H21Ge.C2H4O2/c1-4-7-10(8-5-2)9-6-3;1-2(3)4/h4-9H2,1-3H3;1H3,(H,3,4)/q+1;/p-1. The zero-order valence-corrected chi connectivity index (χ0v) is 12.2. The predicted octanol–water partition coefficient (Wildman–Crippen LogP) is 2.47. The first-order valence-corrected chi connectivity index (χ1v) is 10.0. The molecule has 0 saturated carbocycles. The van der Waals surface area contributed by atoms with Gasteiger partial charge in [-0.15, -0.1) is 0 Å². The second kappa shape index (κ2) is 13.0. The normalized spacial score (nSPS) is 8.86. The summed E-state index contributed by atoms with van der Waals surface area (Å²) in [6, 6.07) is 0. The molecule has 0 atom stereocenters. The van der Waals surface area contributed by atoms with Crippen LogP contribution in [0.2, 0.25) is 15.8 Å². The molecule has 0 aliphatic rings. The number of carboxylic acid groups (broad SMARTS) is 1. The Labute approximate surface area is 93.2 Å². The van der Waals surface area contributed by atoms with Gasteiger partial charge in [0.1, 0.15) is 0 Å².